The lowest BCUT2D eigenvalue weighted by Crippen LogP contribution is -2.07. The second-order valence-corrected chi connectivity index (χ2v) is 6.48. The zero-order valence-corrected chi connectivity index (χ0v) is 15.2. The summed E-state index contributed by atoms with van der Waals surface area (Å²) in [6.45, 7) is 3.46. The van der Waals surface area contributed by atoms with Crippen LogP contribution in [0, 0.1) is 0 Å². The van der Waals surface area contributed by atoms with Crippen LogP contribution in [0.25, 0.3) is 44.4 Å². The molecule has 5 rings (SSSR count). The van der Waals surface area contributed by atoms with Gasteiger partial charge in [-0.25, -0.2) is 9.97 Å². The quantitative estimate of drug-likeness (QED) is 0.445. The van der Waals surface area contributed by atoms with Gasteiger partial charge in [-0.3, -0.25) is 9.78 Å². The first kappa shape index (κ1) is 16.9. The van der Waals surface area contributed by atoms with Crippen LogP contribution >= 0.6 is 0 Å². The van der Waals surface area contributed by atoms with Gasteiger partial charge in [0, 0.05) is 52.3 Å². The van der Waals surface area contributed by atoms with Crippen molar-refractivity contribution in [2.24, 2.45) is 0 Å². The minimum atomic E-state index is -0.285. The monoisotopic (exact) mass is 381 g/mol. The van der Waals surface area contributed by atoms with Crippen molar-refractivity contribution in [3.63, 3.8) is 0 Å². The molecular weight excluding hydrogens is 366 g/mol. The minimum Gasteiger partial charge on any atom is -0.446 e. The maximum atomic E-state index is 11.6. The van der Waals surface area contributed by atoms with Gasteiger partial charge in [-0.1, -0.05) is 6.58 Å². The molecular formula is C22H15N5O2. The van der Waals surface area contributed by atoms with Crippen molar-refractivity contribution >= 4 is 33.7 Å². The van der Waals surface area contributed by atoms with Gasteiger partial charge in [0.05, 0.1) is 18.1 Å². The number of carbonyl (C=O) groups is 1. The Morgan fingerprint density at radius 3 is 2.86 bits per heavy atom. The van der Waals surface area contributed by atoms with Crippen molar-refractivity contribution in [1.82, 2.24) is 19.9 Å². The van der Waals surface area contributed by atoms with Crippen LogP contribution in [0.1, 0.15) is 0 Å². The van der Waals surface area contributed by atoms with Gasteiger partial charge in [-0.2, -0.15) is 0 Å². The van der Waals surface area contributed by atoms with E-state index >= 15 is 0 Å². The number of anilines is 1. The highest BCUT2D eigenvalue weighted by atomic mass is 16.3. The molecule has 5 aromatic heterocycles. The molecule has 0 bridgehead atoms. The van der Waals surface area contributed by atoms with Crippen LogP contribution in [0.3, 0.4) is 0 Å². The van der Waals surface area contributed by atoms with E-state index in [4.69, 9.17) is 4.42 Å². The Morgan fingerprint density at radius 2 is 1.97 bits per heavy atom. The number of rotatable bonds is 4. The summed E-state index contributed by atoms with van der Waals surface area (Å²) in [5, 5.41) is 4.63. The number of pyridine rings is 3. The third kappa shape index (κ3) is 2.94. The number of hydrogen-bond donors (Lipinski definition) is 2. The average Bonchev–Trinajstić information content (AvgIpc) is 3.40. The summed E-state index contributed by atoms with van der Waals surface area (Å²) in [6, 6.07) is 7.77. The summed E-state index contributed by atoms with van der Waals surface area (Å²) >= 11 is 0. The van der Waals surface area contributed by atoms with Gasteiger partial charge < -0.3 is 14.7 Å². The topological polar surface area (TPSA) is 96.7 Å². The summed E-state index contributed by atoms with van der Waals surface area (Å²) in [7, 11) is 0. The third-order valence-corrected chi connectivity index (χ3v) is 4.71. The normalized spacial score (nSPS) is 11.0. The molecule has 1 amide bonds. The zero-order valence-electron chi connectivity index (χ0n) is 15.2. The largest absolute Gasteiger partial charge is 0.446 e. The number of H-pyrrole nitrogens is 1. The molecule has 5 heterocycles. The fraction of sp³-hybridized carbons (Fsp3) is 0. The summed E-state index contributed by atoms with van der Waals surface area (Å²) in [5.41, 5.74) is 5.72. The van der Waals surface area contributed by atoms with Gasteiger partial charge in [0.2, 0.25) is 11.6 Å². The van der Waals surface area contributed by atoms with Crippen LogP contribution < -0.4 is 5.32 Å². The van der Waals surface area contributed by atoms with E-state index in [1.165, 1.54) is 6.08 Å². The molecule has 0 aromatic carbocycles. The molecule has 0 aliphatic carbocycles. The van der Waals surface area contributed by atoms with E-state index in [0.29, 0.717) is 11.4 Å². The Balaban J connectivity index is 1.62. The first-order chi connectivity index (χ1) is 14.2. The van der Waals surface area contributed by atoms with Crippen LogP contribution in [0.5, 0.6) is 0 Å². The molecule has 7 heteroatoms. The second kappa shape index (κ2) is 6.72. The Kier molecular flexibility index (Phi) is 3.91. The zero-order chi connectivity index (χ0) is 19.8. The van der Waals surface area contributed by atoms with Gasteiger partial charge >= 0.3 is 0 Å². The van der Waals surface area contributed by atoms with Crippen molar-refractivity contribution in [2.75, 3.05) is 5.32 Å². The van der Waals surface area contributed by atoms with Crippen LogP contribution in [-0.4, -0.2) is 25.8 Å². The lowest BCUT2D eigenvalue weighted by molar-refractivity contribution is -0.111. The smallest absolute Gasteiger partial charge is 0.247 e. The second-order valence-electron chi connectivity index (χ2n) is 6.48. The van der Waals surface area contributed by atoms with Crippen molar-refractivity contribution in [2.45, 2.75) is 0 Å². The van der Waals surface area contributed by atoms with E-state index in [-0.39, 0.29) is 5.91 Å². The van der Waals surface area contributed by atoms with Gasteiger partial charge in [0.1, 0.15) is 5.65 Å². The van der Waals surface area contributed by atoms with E-state index < -0.39 is 0 Å². The van der Waals surface area contributed by atoms with E-state index in [1.807, 2.05) is 24.4 Å². The fourth-order valence-electron chi connectivity index (χ4n) is 3.35. The lowest BCUT2D eigenvalue weighted by atomic mass is 10.0. The van der Waals surface area contributed by atoms with Gasteiger partial charge in [-0.15, -0.1) is 0 Å². The fourth-order valence-corrected chi connectivity index (χ4v) is 3.35. The molecule has 0 saturated carbocycles. The number of nitrogens with one attached hydrogen (secondary N) is 2. The van der Waals surface area contributed by atoms with E-state index in [2.05, 4.69) is 37.9 Å². The number of aromatic amines is 1. The molecule has 0 aliphatic rings. The first-order valence-electron chi connectivity index (χ1n) is 8.91. The number of hydrogen-bond acceptors (Lipinski definition) is 5. The average molecular weight is 381 g/mol. The molecule has 0 aliphatic heterocycles. The molecule has 0 atom stereocenters. The predicted molar refractivity (Wildman–Crippen MR) is 111 cm³/mol. The minimum absolute atomic E-state index is 0.285. The van der Waals surface area contributed by atoms with Crippen LogP contribution in [0.2, 0.25) is 0 Å². The van der Waals surface area contributed by atoms with Crippen LogP contribution in [-0.2, 0) is 4.79 Å². The van der Waals surface area contributed by atoms with Gasteiger partial charge in [-0.05, 0) is 35.9 Å². The Morgan fingerprint density at radius 1 is 1.07 bits per heavy atom. The maximum Gasteiger partial charge on any atom is 0.247 e. The van der Waals surface area contributed by atoms with Gasteiger partial charge in [0.15, 0.2) is 0 Å². The number of amides is 1. The highest BCUT2D eigenvalue weighted by Crippen LogP contribution is 2.34. The number of carbonyl (C=O) groups excluding carboxylic acids is 1. The summed E-state index contributed by atoms with van der Waals surface area (Å²) in [4.78, 5) is 27.8. The third-order valence-electron chi connectivity index (χ3n) is 4.71. The molecule has 7 nitrogen and oxygen atoms in total. The number of nitrogens with zero attached hydrogens (tertiary/aromatic N) is 3. The number of furan rings is 1. The summed E-state index contributed by atoms with van der Waals surface area (Å²) in [5.74, 6) is -0.285. The van der Waals surface area contributed by atoms with Crippen LogP contribution in [0.15, 0.2) is 78.6 Å². The van der Waals surface area contributed by atoms with E-state index in [9.17, 15) is 4.79 Å². The standard InChI is InChI=1S/C22H15N5O2/c1-2-20(28)27-15-7-13(9-23-11-15)14-8-18-19(12-26-21(18)25-10-14)16-3-5-24-22-17(16)4-6-29-22/h2-12H,1H2,(H,25,26)(H,27,28). The SMILES string of the molecule is C=CC(=O)Nc1cncc(-c2cnc3[nH]cc(-c4ccnc5occc45)c3c2)c1. The molecule has 0 radical (unpaired) electrons. The molecule has 0 spiro atoms. The van der Waals surface area contributed by atoms with Crippen molar-refractivity contribution in [3.8, 4) is 22.3 Å². The first-order valence-corrected chi connectivity index (χ1v) is 8.91. The van der Waals surface area contributed by atoms with E-state index in [0.717, 1.165) is 38.7 Å². The molecule has 0 unspecified atom stereocenters. The number of aromatic nitrogens is 4. The molecule has 140 valence electrons. The summed E-state index contributed by atoms with van der Waals surface area (Å²) in [6.07, 6.45) is 11.6. The molecule has 5 aromatic rings. The Hall–Kier alpha value is -4.26. The number of fused-ring (bicyclic) bond motifs is 2. The lowest BCUT2D eigenvalue weighted by Gasteiger charge is -2.06. The van der Waals surface area contributed by atoms with Crippen molar-refractivity contribution < 1.29 is 9.21 Å². The molecule has 0 saturated heterocycles. The molecule has 0 fully saturated rings. The van der Waals surface area contributed by atoms with E-state index in [1.54, 1.807) is 31.1 Å². The Bertz CT molecular complexity index is 1380. The highest BCUT2D eigenvalue weighted by molar-refractivity contribution is 6.03. The molecule has 2 N–H and O–H groups in total. The molecule has 29 heavy (non-hydrogen) atoms. The summed E-state index contributed by atoms with van der Waals surface area (Å²) < 4.78 is 5.43. The van der Waals surface area contributed by atoms with Crippen LogP contribution in [0.4, 0.5) is 5.69 Å². The highest BCUT2D eigenvalue weighted by Gasteiger charge is 2.13. The predicted octanol–water partition coefficient (Wildman–Crippen LogP) is 4.56. The van der Waals surface area contributed by atoms with Crippen molar-refractivity contribution in [3.05, 3.63) is 74.2 Å². The maximum absolute atomic E-state index is 11.6. The Labute approximate surface area is 165 Å². The van der Waals surface area contributed by atoms with Gasteiger partial charge in [0.25, 0.3) is 0 Å². The van der Waals surface area contributed by atoms with Crippen molar-refractivity contribution in [1.29, 1.82) is 0 Å².